The maximum atomic E-state index is 13.0. The van der Waals surface area contributed by atoms with Crippen LogP contribution in [0.3, 0.4) is 0 Å². The Morgan fingerprint density at radius 1 is 0.972 bits per heavy atom. The first-order chi connectivity index (χ1) is 17.3. The van der Waals surface area contributed by atoms with Gasteiger partial charge in [-0.2, -0.15) is 0 Å². The highest BCUT2D eigenvalue weighted by Crippen LogP contribution is 2.40. The van der Waals surface area contributed by atoms with Crippen LogP contribution in [0.25, 0.3) is 6.08 Å². The molecule has 4 rings (SSSR count). The molecule has 182 valence electrons. The largest absolute Gasteiger partial charge is 0.493 e. The maximum Gasteiger partial charge on any atom is 0.318 e. The molecule has 0 atom stereocenters. The molecular formula is C24H17N3O7S2. The molecule has 12 heteroatoms. The van der Waals surface area contributed by atoms with E-state index < -0.39 is 21.2 Å². The summed E-state index contributed by atoms with van der Waals surface area (Å²) in [4.78, 5) is 35.9. The minimum Gasteiger partial charge on any atom is -0.493 e. The van der Waals surface area contributed by atoms with Gasteiger partial charge in [0.1, 0.15) is 4.32 Å². The van der Waals surface area contributed by atoms with Crippen molar-refractivity contribution in [3.05, 3.63) is 103 Å². The summed E-state index contributed by atoms with van der Waals surface area (Å²) < 4.78 is 11.5. The lowest BCUT2D eigenvalue weighted by molar-refractivity contribution is -0.394. The van der Waals surface area contributed by atoms with Gasteiger partial charge in [-0.1, -0.05) is 60.4 Å². The van der Waals surface area contributed by atoms with E-state index in [2.05, 4.69) is 0 Å². The van der Waals surface area contributed by atoms with E-state index in [1.54, 1.807) is 24.3 Å². The van der Waals surface area contributed by atoms with Crippen LogP contribution in [0.5, 0.6) is 17.2 Å². The molecule has 0 bridgehead atoms. The highest BCUT2D eigenvalue weighted by Gasteiger charge is 2.32. The summed E-state index contributed by atoms with van der Waals surface area (Å²) in [7, 11) is 1.40. The van der Waals surface area contributed by atoms with Crippen molar-refractivity contribution in [1.82, 2.24) is 4.90 Å². The minimum atomic E-state index is -0.767. The Morgan fingerprint density at radius 2 is 1.69 bits per heavy atom. The Labute approximate surface area is 214 Å². The normalized spacial score (nSPS) is 14.2. The molecule has 1 aliphatic heterocycles. The van der Waals surface area contributed by atoms with Crippen LogP contribution in [0, 0.1) is 20.2 Å². The number of nitrogens with zero attached hydrogens (tertiary/aromatic N) is 3. The Balaban J connectivity index is 1.62. The number of ether oxygens (including phenoxy) is 2. The van der Waals surface area contributed by atoms with Crippen LogP contribution >= 0.6 is 24.0 Å². The lowest BCUT2D eigenvalue weighted by atomic mass is 10.1. The maximum absolute atomic E-state index is 13.0. The number of carbonyl (C=O) groups excluding carboxylic acids is 1. The third-order valence-corrected chi connectivity index (χ3v) is 6.49. The Hall–Kier alpha value is -4.29. The SMILES string of the molecule is COc1ccc(C=C2SC(=S)N(Cc3ccccc3)C2=O)cc1Oc1ccc([N+](=O)[O-])cc1[N+](=O)[O-]. The number of hydrogen-bond acceptors (Lipinski definition) is 9. The smallest absolute Gasteiger partial charge is 0.318 e. The van der Waals surface area contributed by atoms with Crippen LogP contribution in [0.15, 0.2) is 71.6 Å². The first kappa shape index (κ1) is 24.8. The summed E-state index contributed by atoms with van der Waals surface area (Å²) in [5.41, 5.74) is 0.501. The van der Waals surface area contributed by atoms with E-state index in [4.69, 9.17) is 21.7 Å². The zero-order chi connectivity index (χ0) is 25.8. The van der Waals surface area contributed by atoms with Crippen molar-refractivity contribution in [2.75, 3.05) is 7.11 Å². The van der Waals surface area contributed by atoms with Crippen molar-refractivity contribution < 1.29 is 24.1 Å². The summed E-state index contributed by atoms with van der Waals surface area (Å²) in [6.07, 6.45) is 1.64. The van der Waals surface area contributed by atoms with Gasteiger partial charge < -0.3 is 9.47 Å². The molecule has 3 aromatic rings. The summed E-state index contributed by atoms with van der Waals surface area (Å²) >= 11 is 6.57. The van der Waals surface area contributed by atoms with Gasteiger partial charge in [0.25, 0.3) is 11.6 Å². The average Bonchev–Trinajstić information content (AvgIpc) is 3.12. The molecule has 1 heterocycles. The predicted molar refractivity (Wildman–Crippen MR) is 138 cm³/mol. The van der Waals surface area contributed by atoms with E-state index in [0.29, 0.717) is 21.3 Å². The van der Waals surface area contributed by atoms with Crippen LogP contribution in [-0.2, 0) is 11.3 Å². The van der Waals surface area contributed by atoms with Gasteiger partial charge in [0.15, 0.2) is 11.5 Å². The summed E-state index contributed by atoms with van der Waals surface area (Å²) in [5.74, 6) is -0.0345. The van der Waals surface area contributed by atoms with Crippen LogP contribution < -0.4 is 9.47 Å². The van der Waals surface area contributed by atoms with E-state index in [1.165, 1.54) is 23.8 Å². The van der Waals surface area contributed by atoms with Crippen LogP contribution in [0.1, 0.15) is 11.1 Å². The number of carbonyl (C=O) groups is 1. The highest BCUT2D eigenvalue weighted by molar-refractivity contribution is 8.26. The van der Waals surface area contributed by atoms with Gasteiger partial charge in [0.2, 0.25) is 5.75 Å². The predicted octanol–water partition coefficient (Wildman–Crippen LogP) is 5.71. The van der Waals surface area contributed by atoms with Gasteiger partial charge in [-0.05, 0) is 35.4 Å². The first-order valence-electron chi connectivity index (χ1n) is 10.3. The average molecular weight is 524 g/mol. The number of nitro groups is 2. The number of hydrogen-bond donors (Lipinski definition) is 0. The molecule has 1 amide bonds. The van der Waals surface area contributed by atoms with Crippen molar-refractivity contribution >= 4 is 51.7 Å². The summed E-state index contributed by atoms with van der Waals surface area (Å²) in [5, 5.41) is 22.5. The van der Waals surface area contributed by atoms with Crippen LogP contribution in [0.2, 0.25) is 0 Å². The summed E-state index contributed by atoms with van der Waals surface area (Å²) in [6.45, 7) is 0.351. The highest BCUT2D eigenvalue weighted by atomic mass is 32.2. The lowest BCUT2D eigenvalue weighted by Gasteiger charge is -2.14. The van der Waals surface area contributed by atoms with Gasteiger partial charge >= 0.3 is 5.69 Å². The number of rotatable bonds is 8. The monoisotopic (exact) mass is 523 g/mol. The Morgan fingerprint density at radius 3 is 2.36 bits per heavy atom. The van der Waals surface area contributed by atoms with Crippen molar-refractivity contribution in [3.8, 4) is 17.2 Å². The van der Waals surface area contributed by atoms with Crippen molar-refractivity contribution in [1.29, 1.82) is 0 Å². The molecule has 36 heavy (non-hydrogen) atoms. The molecule has 0 unspecified atom stereocenters. The third kappa shape index (κ3) is 5.34. The molecule has 0 aliphatic carbocycles. The van der Waals surface area contributed by atoms with Gasteiger partial charge in [0.05, 0.1) is 34.5 Å². The van der Waals surface area contributed by atoms with E-state index in [9.17, 15) is 25.0 Å². The topological polar surface area (TPSA) is 125 Å². The van der Waals surface area contributed by atoms with Gasteiger partial charge in [0, 0.05) is 6.07 Å². The Bertz CT molecular complexity index is 1410. The number of thiocarbonyl (C=S) groups is 1. The quantitative estimate of drug-likeness (QED) is 0.158. The zero-order valence-corrected chi connectivity index (χ0v) is 20.3. The Kier molecular flexibility index (Phi) is 7.27. The van der Waals surface area contributed by atoms with Gasteiger partial charge in [-0.15, -0.1) is 0 Å². The van der Waals surface area contributed by atoms with E-state index in [0.717, 1.165) is 23.8 Å². The number of non-ortho nitro benzene ring substituents is 1. The second kappa shape index (κ2) is 10.5. The molecule has 1 aliphatic rings. The standard InChI is InChI=1S/C24H17N3O7S2/c1-33-20-9-7-16(11-21(20)34-19-10-8-17(26(29)30)13-18(19)27(31)32)12-22-23(28)25(24(35)36-22)14-15-5-3-2-4-6-15/h2-13H,14H2,1H3. The molecule has 0 spiro atoms. The van der Waals surface area contributed by atoms with Gasteiger partial charge in [-0.3, -0.25) is 29.9 Å². The molecule has 0 aromatic heterocycles. The molecule has 1 fully saturated rings. The zero-order valence-electron chi connectivity index (χ0n) is 18.7. The van der Waals surface area contributed by atoms with Gasteiger partial charge in [-0.25, -0.2) is 0 Å². The number of amides is 1. The van der Waals surface area contributed by atoms with Crippen LogP contribution in [0.4, 0.5) is 11.4 Å². The number of benzene rings is 3. The second-order valence-electron chi connectivity index (χ2n) is 7.43. The molecule has 3 aromatic carbocycles. The van der Waals surface area contributed by atoms with E-state index >= 15 is 0 Å². The van der Waals surface area contributed by atoms with Crippen LogP contribution in [-0.4, -0.2) is 32.1 Å². The molecule has 10 nitrogen and oxygen atoms in total. The fraction of sp³-hybridized carbons (Fsp3) is 0.0833. The molecule has 0 N–H and O–H groups in total. The van der Waals surface area contributed by atoms with E-state index in [-0.39, 0.29) is 23.2 Å². The fourth-order valence-corrected chi connectivity index (χ4v) is 4.64. The summed E-state index contributed by atoms with van der Waals surface area (Å²) in [6, 6.07) is 17.4. The number of methoxy groups -OCH3 is 1. The number of nitro benzene ring substituents is 2. The van der Waals surface area contributed by atoms with Crippen molar-refractivity contribution in [3.63, 3.8) is 0 Å². The number of thioether (sulfide) groups is 1. The van der Waals surface area contributed by atoms with Crippen molar-refractivity contribution in [2.45, 2.75) is 6.54 Å². The molecule has 1 saturated heterocycles. The van der Waals surface area contributed by atoms with Crippen molar-refractivity contribution in [2.24, 2.45) is 0 Å². The molecule has 0 saturated carbocycles. The molecular weight excluding hydrogens is 506 g/mol. The lowest BCUT2D eigenvalue weighted by Crippen LogP contribution is -2.27. The fourth-order valence-electron chi connectivity index (χ4n) is 3.38. The third-order valence-electron chi connectivity index (χ3n) is 5.11. The molecule has 0 radical (unpaired) electrons. The van der Waals surface area contributed by atoms with E-state index in [1.807, 2.05) is 30.3 Å². The minimum absolute atomic E-state index is 0.128. The first-order valence-corrected chi connectivity index (χ1v) is 11.6. The second-order valence-corrected chi connectivity index (χ2v) is 9.11.